The molecule has 5 aromatic rings. The van der Waals surface area contributed by atoms with Gasteiger partial charge in [-0.3, -0.25) is 14.3 Å². The van der Waals surface area contributed by atoms with Crippen molar-refractivity contribution < 1.29 is 33.3 Å². The van der Waals surface area contributed by atoms with Crippen LogP contribution in [0.2, 0.25) is 0 Å². The molecular formula is C32H24N2O9S. The molecule has 0 saturated carbocycles. The van der Waals surface area contributed by atoms with Crippen molar-refractivity contribution in [2.75, 3.05) is 6.61 Å². The van der Waals surface area contributed by atoms with Crippen LogP contribution in [0, 0.1) is 0 Å². The van der Waals surface area contributed by atoms with Gasteiger partial charge in [0.1, 0.15) is 17.4 Å². The fourth-order valence-corrected chi connectivity index (χ4v) is 5.68. The second-order valence-corrected chi connectivity index (χ2v) is 10.7. The Hall–Kier alpha value is -5.33. The number of rotatable bonds is 8. The van der Waals surface area contributed by atoms with Gasteiger partial charge in [0, 0.05) is 0 Å². The summed E-state index contributed by atoms with van der Waals surface area (Å²) in [5, 5.41) is 1.63. The van der Waals surface area contributed by atoms with E-state index < -0.39 is 60.3 Å². The van der Waals surface area contributed by atoms with Crippen molar-refractivity contribution in [3.8, 4) is 0 Å². The molecule has 11 nitrogen and oxygen atoms in total. The summed E-state index contributed by atoms with van der Waals surface area (Å²) in [5.74, 6) is -2.19. The summed E-state index contributed by atoms with van der Waals surface area (Å²) < 4.78 is 25.0. The first-order valence-corrected chi connectivity index (χ1v) is 14.4. The number of aromatic nitrogens is 2. The van der Waals surface area contributed by atoms with E-state index in [1.807, 2.05) is 0 Å². The van der Waals surface area contributed by atoms with Crippen molar-refractivity contribution in [3.05, 3.63) is 140 Å². The molecule has 0 bridgehead atoms. The zero-order valence-corrected chi connectivity index (χ0v) is 23.7. The molecule has 0 amide bonds. The van der Waals surface area contributed by atoms with E-state index in [4.69, 9.17) is 18.9 Å². The summed E-state index contributed by atoms with van der Waals surface area (Å²) in [6, 6.07) is 26.1. The highest BCUT2D eigenvalue weighted by atomic mass is 32.1. The molecule has 6 rings (SSSR count). The molecule has 1 aliphatic heterocycles. The summed E-state index contributed by atoms with van der Waals surface area (Å²) in [6.45, 7) is -0.415. The van der Waals surface area contributed by atoms with Crippen LogP contribution in [0.4, 0.5) is 0 Å². The van der Waals surface area contributed by atoms with Crippen molar-refractivity contribution in [2.24, 2.45) is 0 Å². The Kier molecular flexibility index (Phi) is 8.17. The first-order chi connectivity index (χ1) is 21.4. The van der Waals surface area contributed by atoms with Gasteiger partial charge in [-0.2, -0.15) is 0 Å². The fourth-order valence-electron chi connectivity index (χ4n) is 4.90. The quantitative estimate of drug-likeness (QED) is 0.204. The molecule has 0 unspecified atom stereocenters. The van der Waals surface area contributed by atoms with Gasteiger partial charge < -0.3 is 18.9 Å². The molecule has 1 aliphatic rings. The number of nitrogens with one attached hydrogen (secondary N) is 1. The minimum atomic E-state index is -1.40. The number of esters is 3. The van der Waals surface area contributed by atoms with Crippen LogP contribution < -0.4 is 11.2 Å². The first-order valence-electron chi connectivity index (χ1n) is 13.5. The minimum Gasteiger partial charge on any atom is -0.459 e. The van der Waals surface area contributed by atoms with Gasteiger partial charge >= 0.3 is 23.6 Å². The Labute approximate surface area is 253 Å². The minimum absolute atomic E-state index is 0.202. The molecule has 4 atom stereocenters. The van der Waals surface area contributed by atoms with Crippen molar-refractivity contribution in [1.82, 2.24) is 9.55 Å². The van der Waals surface area contributed by atoms with E-state index in [0.717, 1.165) is 15.9 Å². The number of carbonyl (C=O) groups excluding carboxylic acids is 3. The first kappa shape index (κ1) is 28.8. The Bertz CT molecular complexity index is 1920. The molecule has 222 valence electrons. The van der Waals surface area contributed by atoms with Crippen molar-refractivity contribution in [3.63, 3.8) is 0 Å². The van der Waals surface area contributed by atoms with Crippen LogP contribution in [0.25, 0.3) is 10.2 Å². The summed E-state index contributed by atoms with van der Waals surface area (Å²) in [7, 11) is 0. The van der Waals surface area contributed by atoms with Crippen LogP contribution in [0.5, 0.6) is 0 Å². The SMILES string of the molecule is O=C(OC[C@H]1O[C@@H](n2c(=O)[nH]c(=O)c3sccc32)[C@H](OC(=O)c2ccccc2)[C@@H]1OC(=O)c1ccccc1)c1ccccc1. The van der Waals surface area contributed by atoms with E-state index >= 15 is 0 Å². The molecule has 1 fully saturated rings. The molecule has 12 heteroatoms. The number of fused-ring (bicyclic) bond motifs is 1. The lowest BCUT2D eigenvalue weighted by molar-refractivity contribution is -0.0620. The molecule has 0 spiro atoms. The topological polar surface area (TPSA) is 143 Å². The van der Waals surface area contributed by atoms with Gasteiger partial charge in [0.05, 0.1) is 22.2 Å². The van der Waals surface area contributed by atoms with Gasteiger partial charge in [-0.05, 0) is 47.8 Å². The predicted molar refractivity (Wildman–Crippen MR) is 159 cm³/mol. The maximum Gasteiger partial charge on any atom is 0.338 e. The summed E-state index contributed by atoms with van der Waals surface area (Å²) in [6.07, 6.45) is -5.29. The number of ether oxygens (including phenoxy) is 4. The standard InChI is InChI=1S/C32H24N2O9S/c35-27-26-22(16-17-44-26)34(32(39)33-27)28-25(43-31(38)21-14-8-3-9-15-21)24(42-30(37)20-12-6-2-7-13-20)23(41-28)18-40-29(36)19-10-4-1-5-11-19/h1-17,23-25,28H,18H2,(H,33,35,39)/t23-,24-,25-,28-/m1/s1. The van der Waals surface area contributed by atoms with Crippen molar-refractivity contribution >= 4 is 39.5 Å². The number of nitrogens with zero attached hydrogens (tertiary/aromatic N) is 1. The zero-order valence-electron chi connectivity index (χ0n) is 22.9. The number of thiophene rings is 1. The van der Waals surface area contributed by atoms with Gasteiger partial charge in [0.2, 0.25) is 0 Å². The molecule has 2 aromatic heterocycles. The Morgan fingerprint density at radius 1 is 0.727 bits per heavy atom. The Balaban J connectivity index is 1.41. The average Bonchev–Trinajstić information content (AvgIpc) is 3.67. The lowest BCUT2D eigenvalue weighted by Gasteiger charge is -2.25. The molecule has 0 radical (unpaired) electrons. The fraction of sp³-hybridized carbons (Fsp3) is 0.156. The van der Waals surface area contributed by atoms with E-state index in [1.54, 1.807) is 102 Å². The summed E-state index contributed by atoms with van der Waals surface area (Å²) in [4.78, 5) is 67.5. The molecule has 0 aliphatic carbocycles. The van der Waals surface area contributed by atoms with E-state index in [9.17, 15) is 24.0 Å². The third kappa shape index (κ3) is 5.80. The maximum absolute atomic E-state index is 13.3. The Morgan fingerprint density at radius 2 is 1.25 bits per heavy atom. The molecule has 1 saturated heterocycles. The van der Waals surface area contributed by atoms with Gasteiger partial charge in [-0.25, -0.2) is 19.2 Å². The lowest BCUT2D eigenvalue weighted by atomic mass is 10.1. The molecular weight excluding hydrogens is 588 g/mol. The number of aromatic amines is 1. The number of carbonyl (C=O) groups is 3. The van der Waals surface area contributed by atoms with E-state index in [0.29, 0.717) is 0 Å². The molecule has 3 heterocycles. The van der Waals surface area contributed by atoms with Crippen LogP contribution in [0.1, 0.15) is 37.3 Å². The van der Waals surface area contributed by atoms with Gasteiger partial charge in [-0.15, -0.1) is 11.3 Å². The second-order valence-electron chi connectivity index (χ2n) is 9.77. The normalized spacial score (nSPS) is 19.4. The van der Waals surface area contributed by atoms with Crippen molar-refractivity contribution in [2.45, 2.75) is 24.5 Å². The van der Waals surface area contributed by atoms with E-state index in [2.05, 4.69) is 4.98 Å². The summed E-state index contributed by atoms with van der Waals surface area (Å²) >= 11 is 1.11. The second kappa shape index (κ2) is 12.5. The van der Waals surface area contributed by atoms with Crippen LogP contribution in [0.15, 0.2) is 112 Å². The number of hydrogen-bond donors (Lipinski definition) is 1. The average molecular weight is 613 g/mol. The van der Waals surface area contributed by atoms with E-state index in [1.165, 1.54) is 0 Å². The predicted octanol–water partition coefficient (Wildman–Crippen LogP) is 3.96. The number of benzene rings is 3. The van der Waals surface area contributed by atoms with Crippen LogP contribution in [-0.4, -0.2) is 52.4 Å². The lowest BCUT2D eigenvalue weighted by Crippen LogP contribution is -2.43. The highest BCUT2D eigenvalue weighted by Crippen LogP contribution is 2.36. The smallest absolute Gasteiger partial charge is 0.338 e. The maximum atomic E-state index is 13.3. The molecule has 1 N–H and O–H groups in total. The van der Waals surface area contributed by atoms with Crippen LogP contribution in [-0.2, 0) is 18.9 Å². The van der Waals surface area contributed by atoms with Gasteiger partial charge in [0.25, 0.3) is 5.56 Å². The largest absolute Gasteiger partial charge is 0.459 e. The highest BCUT2D eigenvalue weighted by Gasteiger charge is 2.52. The van der Waals surface area contributed by atoms with Crippen LogP contribution >= 0.6 is 11.3 Å². The highest BCUT2D eigenvalue weighted by molar-refractivity contribution is 7.17. The zero-order chi connectivity index (χ0) is 30.6. The number of H-pyrrole nitrogens is 1. The third-order valence-electron chi connectivity index (χ3n) is 6.98. The number of hydrogen-bond acceptors (Lipinski definition) is 10. The summed E-state index contributed by atoms with van der Waals surface area (Å²) in [5.41, 5.74) is -0.499. The third-order valence-corrected chi connectivity index (χ3v) is 7.89. The Morgan fingerprint density at radius 3 is 1.82 bits per heavy atom. The monoisotopic (exact) mass is 612 g/mol. The van der Waals surface area contributed by atoms with E-state index in [-0.39, 0.29) is 26.9 Å². The molecule has 3 aromatic carbocycles. The van der Waals surface area contributed by atoms with Gasteiger partial charge in [-0.1, -0.05) is 54.6 Å². The molecule has 44 heavy (non-hydrogen) atoms. The van der Waals surface area contributed by atoms with Gasteiger partial charge in [0.15, 0.2) is 18.4 Å². The van der Waals surface area contributed by atoms with Crippen molar-refractivity contribution in [1.29, 1.82) is 0 Å². The van der Waals surface area contributed by atoms with Crippen LogP contribution in [0.3, 0.4) is 0 Å².